The lowest BCUT2D eigenvalue weighted by atomic mass is 9.96. The molecule has 1 aromatic heterocycles. The molecule has 2 aromatic rings. The molecule has 0 radical (unpaired) electrons. The maximum Gasteiger partial charge on any atom is 0.257 e. The van der Waals surface area contributed by atoms with Gasteiger partial charge in [0, 0.05) is 25.7 Å². The predicted octanol–water partition coefficient (Wildman–Crippen LogP) is 2.56. The van der Waals surface area contributed by atoms with Crippen LogP contribution in [0.5, 0.6) is 11.6 Å². The van der Waals surface area contributed by atoms with Crippen molar-refractivity contribution in [1.82, 2.24) is 15.2 Å². The summed E-state index contributed by atoms with van der Waals surface area (Å²) in [5.74, 6) is 1.45. The molecule has 0 bridgehead atoms. The largest absolute Gasteiger partial charge is 0.484 e. The number of hydrogen-bond acceptors (Lipinski definition) is 6. The molecule has 3 heterocycles. The number of aromatic nitrogens is 1. The Morgan fingerprint density at radius 3 is 2.62 bits per heavy atom. The lowest BCUT2D eigenvalue weighted by Gasteiger charge is -2.32. The van der Waals surface area contributed by atoms with Gasteiger partial charge in [0.15, 0.2) is 5.75 Å². The summed E-state index contributed by atoms with van der Waals surface area (Å²) < 4.78 is 11.7. The van der Waals surface area contributed by atoms with E-state index in [2.05, 4.69) is 39.5 Å². The van der Waals surface area contributed by atoms with E-state index in [1.165, 1.54) is 25.0 Å². The van der Waals surface area contributed by atoms with Gasteiger partial charge in [-0.3, -0.25) is 9.69 Å². The van der Waals surface area contributed by atoms with Crippen molar-refractivity contribution < 1.29 is 19.4 Å². The van der Waals surface area contributed by atoms with Crippen LogP contribution < -0.4 is 14.8 Å². The smallest absolute Gasteiger partial charge is 0.257 e. The summed E-state index contributed by atoms with van der Waals surface area (Å²) in [6.07, 6.45) is 4.59. The Kier molecular flexibility index (Phi) is 6.96. The Morgan fingerprint density at radius 2 is 1.91 bits per heavy atom. The standard InChI is InChI=1S/C25H33N3O4/c1-25(2,30)24(29)27-15-19-9-12-28(13-10-19)16-20-7-5-18(6-8-20)14-21-17-31-22-4-3-11-26-23(22)32-21/h3-8,11,19,21,30H,9-10,12-17H2,1-2H3,(H,27,29)/t21-/m0/s1. The van der Waals surface area contributed by atoms with Crippen LogP contribution in [0.25, 0.3) is 0 Å². The number of rotatable bonds is 7. The number of amides is 1. The summed E-state index contributed by atoms with van der Waals surface area (Å²) >= 11 is 0. The van der Waals surface area contributed by atoms with E-state index in [1.807, 2.05) is 12.1 Å². The summed E-state index contributed by atoms with van der Waals surface area (Å²) in [5, 5.41) is 12.6. The van der Waals surface area contributed by atoms with Gasteiger partial charge in [-0.15, -0.1) is 0 Å². The Hall–Kier alpha value is -2.64. The molecule has 1 fully saturated rings. The van der Waals surface area contributed by atoms with Crippen LogP contribution in [0, 0.1) is 5.92 Å². The Balaban J connectivity index is 1.20. The fraction of sp³-hybridized carbons (Fsp3) is 0.520. The fourth-order valence-corrected chi connectivity index (χ4v) is 4.15. The van der Waals surface area contributed by atoms with E-state index in [-0.39, 0.29) is 12.0 Å². The quantitative estimate of drug-likeness (QED) is 0.690. The van der Waals surface area contributed by atoms with E-state index < -0.39 is 5.60 Å². The van der Waals surface area contributed by atoms with Gasteiger partial charge in [-0.25, -0.2) is 4.98 Å². The fourth-order valence-electron chi connectivity index (χ4n) is 4.15. The first-order valence-electron chi connectivity index (χ1n) is 11.4. The molecular formula is C25H33N3O4. The van der Waals surface area contributed by atoms with Gasteiger partial charge in [0.1, 0.15) is 18.3 Å². The van der Waals surface area contributed by atoms with Gasteiger partial charge in [-0.2, -0.15) is 0 Å². The number of pyridine rings is 1. The average Bonchev–Trinajstić information content (AvgIpc) is 2.79. The van der Waals surface area contributed by atoms with Crippen molar-refractivity contribution in [3.63, 3.8) is 0 Å². The van der Waals surface area contributed by atoms with Gasteiger partial charge >= 0.3 is 0 Å². The zero-order chi connectivity index (χ0) is 22.6. The molecule has 2 aliphatic rings. The molecule has 32 heavy (non-hydrogen) atoms. The molecule has 7 nitrogen and oxygen atoms in total. The monoisotopic (exact) mass is 439 g/mol. The predicted molar refractivity (Wildman–Crippen MR) is 122 cm³/mol. The molecule has 0 saturated carbocycles. The van der Waals surface area contributed by atoms with Gasteiger partial charge < -0.3 is 19.9 Å². The average molecular weight is 440 g/mol. The van der Waals surface area contributed by atoms with Crippen LogP contribution in [0.15, 0.2) is 42.6 Å². The lowest BCUT2D eigenvalue weighted by molar-refractivity contribution is -0.136. The molecule has 2 N–H and O–H groups in total. The van der Waals surface area contributed by atoms with Crippen LogP contribution in [0.1, 0.15) is 37.8 Å². The molecule has 1 atom stereocenters. The van der Waals surface area contributed by atoms with Gasteiger partial charge in [-0.1, -0.05) is 24.3 Å². The van der Waals surface area contributed by atoms with E-state index in [4.69, 9.17) is 9.47 Å². The van der Waals surface area contributed by atoms with Crippen molar-refractivity contribution in [2.45, 2.75) is 51.4 Å². The van der Waals surface area contributed by atoms with Crippen molar-refractivity contribution in [3.05, 3.63) is 53.7 Å². The number of ether oxygens (including phenoxy) is 2. The van der Waals surface area contributed by atoms with E-state index >= 15 is 0 Å². The number of benzene rings is 1. The van der Waals surface area contributed by atoms with Gasteiger partial charge in [-0.05, 0) is 69.0 Å². The minimum absolute atomic E-state index is 0.0285. The highest BCUT2D eigenvalue weighted by Gasteiger charge is 2.26. The zero-order valence-corrected chi connectivity index (χ0v) is 18.9. The first kappa shape index (κ1) is 22.6. The SMILES string of the molecule is CC(C)(O)C(=O)NCC1CCN(Cc2ccc(C[C@H]3COc4cccnc4O3)cc2)CC1. The second-order valence-electron chi connectivity index (χ2n) is 9.37. The normalized spacial score (nSPS) is 19.5. The van der Waals surface area contributed by atoms with E-state index in [9.17, 15) is 9.90 Å². The summed E-state index contributed by atoms with van der Waals surface area (Å²) in [6.45, 7) is 7.17. The highest BCUT2D eigenvalue weighted by Crippen LogP contribution is 2.29. The molecular weight excluding hydrogens is 406 g/mol. The molecule has 1 aromatic carbocycles. The van der Waals surface area contributed by atoms with Crippen molar-refractivity contribution in [2.75, 3.05) is 26.2 Å². The molecule has 1 amide bonds. The number of likely N-dealkylation sites (tertiary alicyclic amines) is 1. The first-order chi connectivity index (χ1) is 15.4. The Labute approximate surface area is 189 Å². The number of carbonyl (C=O) groups excluding carboxylic acids is 1. The topological polar surface area (TPSA) is 83.9 Å². The van der Waals surface area contributed by atoms with Crippen molar-refractivity contribution in [1.29, 1.82) is 0 Å². The van der Waals surface area contributed by atoms with Crippen LogP contribution in [-0.2, 0) is 17.8 Å². The molecule has 2 aliphatic heterocycles. The second-order valence-corrected chi connectivity index (χ2v) is 9.37. The maximum absolute atomic E-state index is 11.8. The number of aliphatic hydroxyl groups is 1. The van der Waals surface area contributed by atoms with Gasteiger partial charge in [0.25, 0.3) is 11.8 Å². The number of nitrogens with one attached hydrogen (secondary N) is 1. The molecule has 0 spiro atoms. The summed E-state index contributed by atoms with van der Waals surface area (Å²) in [5.41, 5.74) is 1.21. The third kappa shape index (κ3) is 5.99. The van der Waals surface area contributed by atoms with Crippen LogP contribution in [0.2, 0.25) is 0 Å². The van der Waals surface area contributed by atoms with Gasteiger partial charge in [0.2, 0.25) is 0 Å². The molecule has 1 saturated heterocycles. The minimum atomic E-state index is -1.32. The maximum atomic E-state index is 11.8. The van der Waals surface area contributed by atoms with Crippen molar-refractivity contribution in [3.8, 4) is 11.6 Å². The third-order valence-corrected chi connectivity index (χ3v) is 6.15. The highest BCUT2D eigenvalue weighted by atomic mass is 16.6. The lowest BCUT2D eigenvalue weighted by Crippen LogP contribution is -2.45. The Morgan fingerprint density at radius 1 is 1.19 bits per heavy atom. The summed E-state index contributed by atoms with van der Waals surface area (Å²) in [6, 6.07) is 12.5. The number of fused-ring (bicyclic) bond motifs is 1. The molecule has 172 valence electrons. The van der Waals surface area contributed by atoms with Crippen LogP contribution >= 0.6 is 0 Å². The first-order valence-corrected chi connectivity index (χ1v) is 11.4. The zero-order valence-electron chi connectivity index (χ0n) is 18.9. The molecule has 0 unspecified atom stereocenters. The van der Waals surface area contributed by atoms with Crippen molar-refractivity contribution >= 4 is 5.91 Å². The summed E-state index contributed by atoms with van der Waals surface area (Å²) in [4.78, 5) is 18.5. The number of nitrogens with zero attached hydrogens (tertiary/aromatic N) is 2. The van der Waals surface area contributed by atoms with E-state index in [1.54, 1.807) is 6.20 Å². The van der Waals surface area contributed by atoms with Gasteiger partial charge in [0.05, 0.1) is 0 Å². The minimum Gasteiger partial charge on any atom is -0.484 e. The van der Waals surface area contributed by atoms with Crippen molar-refractivity contribution in [2.24, 2.45) is 5.92 Å². The number of carbonyl (C=O) groups is 1. The van der Waals surface area contributed by atoms with Crippen LogP contribution in [-0.4, -0.2) is 58.8 Å². The number of hydrogen-bond donors (Lipinski definition) is 2. The Bertz CT molecular complexity index is 902. The van der Waals surface area contributed by atoms with E-state index in [0.29, 0.717) is 30.7 Å². The number of piperidine rings is 1. The van der Waals surface area contributed by atoms with Crippen LogP contribution in [0.3, 0.4) is 0 Å². The van der Waals surface area contributed by atoms with E-state index in [0.717, 1.165) is 38.9 Å². The highest BCUT2D eigenvalue weighted by molar-refractivity contribution is 5.83. The second kappa shape index (κ2) is 9.88. The van der Waals surface area contributed by atoms with Crippen LogP contribution in [0.4, 0.5) is 0 Å². The summed E-state index contributed by atoms with van der Waals surface area (Å²) in [7, 11) is 0. The molecule has 7 heteroatoms. The molecule has 4 rings (SSSR count). The third-order valence-electron chi connectivity index (χ3n) is 6.15. The molecule has 0 aliphatic carbocycles.